The SMILES string of the molecule is CN(Cc1cccc(Cl)c1)C(=O)c1ccncc1Cl. The van der Waals surface area contributed by atoms with E-state index in [9.17, 15) is 4.79 Å². The zero-order chi connectivity index (χ0) is 13.8. The third-order valence-corrected chi connectivity index (χ3v) is 3.19. The minimum atomic E-state index is -0.146. The summed E-state index contributed by atoms with van der Waals surface area (Å²) in [7, 11) is 1.72. The van der Waals surface area contributed by atoms with Gasteiger partial charge in [-0.3, -0.25) is 9.78 Å². The molecule has 3 nitrogen and oxygen atoms in total. The molecule has 1 aromatic heterocycles. The van der Waals surface area contributed by atoms with Crippen LogP contribution >= 0.6 is 23.2 Å². The second-order valence-electron chi connectivity index (χ2n) is 4.15. The van der Waals surface area contributed by atoms with E-state index in [4.69, 9.17) is 23.2 Å². The quantitative estimate of drug-likeness (QED) is 0.865. The van der Waals surface area contributed by atoms with Gasteiger partial charge in [-0.05, 0) is 23.8 Å². The maximum atomic E-state index is 12.2. The molecule has 98 valence electrons. The molecule has 0 bridgehead atoms. The fourth-order valence-electron chi connectivity index (χ4n) is 1.74. The van der Waals surface area contributed by atoms with E-state index in [0.717, 1.165) is 5.56 Å². The number of carbonyl (C=O) groups excluding carboxylic acids is 1. The Morgan fingerprint density at radius 3 is 2.79 bits per heavy atom. The first kappa shape index (κ1) is 13.8. The molecule has 0 aliphatic carbocycles. The molecule has 0 saturated heterocycles. The van der Waals surface area contributed by atoms with Crippen molar-refractivity contribution in [1.82, 2.24) is 9.88 Å². The summed E-state index contributed by atoms with van der Waals surface area (Å²) in [6, 6.07) is 9.02. The van der Waals surface area contributed by atoms with Crippen LogP contribution in [0.1, 0.15) is 15.9 Å². The summed E-state index contributed by atoms with van der Waals surface area (Å²) in [6.45, 7) is 0.470. The number of carbonyl (C=O) groups is 1. The number of pyridine rings is 1. The van der Waals surface area contributed by atoms with Crippen molar-refractivity contribution in [3.63, 3.8) is 0 Å². The van der Waals surface area contributed by atoms with Crippen molar-refractivity contribution in [2.75, 3.05) is 7.05 Å². The van der Waals surface area contributed by atoms with Gasteiger partial charge in [-0.2, -0.15) is 0 Å². The third kappa shape index (κ3) is 3.46. The molecule has 0 aliphatic heterocycles. The summed E-state index contributed by atoms with van der Waals surface area (Å²) in [6.07, 6.45) is 3.01. The van der Waals surface area contributed by atoms with Gasteiger partial charge in [0.25, 0.3) is 5.91 Å². The smallest absolute Gasteiger partial charge is 0.255 e. The highest BCUT2D eigenvalue weighted by Crippen LogP contribution is 2.17. The van der Waals surface area contributed by atoms with E-state index in [1.165, 1.54) is 6.20 Å². The summed E-state index contributed by atoms with van der Waals surface area (Å²) < 4.78 is 0. The number of halogens is 2. The minimum Gasteiger partial charge on any atom is -0.337 e. The van der Waals surface area contributed by atoms with Gasteiger partial charge in [-0.25, -0.2) is 0 Å². The Balaban J connectivity index is 2.14. The first-order chi connectivity index (χ1) is 9.08. The van der Waals surface area contributed by atoms with Crippen molar-refractivity contribution in [1.29, 1.82) is 0 Å². The summed E-state index contributed by atoms with van der Waals surface area (Å²) in [5.41, 5.74) is 1.41. The second-order valence-corrected chi connectivity index (χ2v) is 4.99. The van der Waals surface area contributed by atoms with Gasteiger partial charge < -0.3 is 4.90 Å². The van der Waals surface area contributed by atoms with Crippen molar-refractivity contribution < 1.29 is 4.79 Å². The molecule has 1 aromatic carbocycles. The molecule has 0 fully saturated rings. The molecule has 0 spiro atoms. The minimum absolute atomic E-state index is 0.146. The van der Waals surface area contributed by atoms with Crippen molar-refractivity contribution in [3.05, 3.63) is 63.9 Å². The number of rotatable bonds is 3. The molecule has 2 rings (SSSR count). The molecular formula is C14H12Cl2N2O. The van der Waals surface area contributed by atoms with Crippen LogP contribution < -0.4 is 0 Å². The van der Waals surface area contributed by atoms with Crippen LogP contribution in [-0.4, -0.2) is 22.8 Å². The molecule has 0 N–H and O–H groups in total. The fourth-order valence-corrected chi connectivity index (χ4v) is 2.15. The van der Waals surface area contributed by atoms with Crippen LogP contribution in [0, 0.1) is 0 Å². The van der Waals surface area contributed by atoms with Crippen LogP contribution in [0.5, 0.6) is 0 Å². The maximum absolute atomic E-state index is 12.2. The lowest BCUT2D eigenvalue weighted by molar-refractivity contribution is 0.0785. The van der Waals surface area contributed by atoms with Gasteiger partial charge in [0, 0.05) is 31.0 Å². The molecule has 0 unspecified atom stereocenters. The first-order valence-corrected chi connectivity index (χ1v) is 6.43. The monoisotopic (exact) mass is 294 g/mol. The normalized spacial score (nSPS) is 10.3. The summed E-state index contributed by atoms with van der Waals surface area (Å²) in [4.78, 5) is 17.7. The van der Waals surface area contributed by atoms with E-state index in [0.29, 0.717) is 22.2 Å². The Bertz CT molecular complexity index is 602. The van der Waals surface area contributed by atoms with E-state index in [-0.39, 0.29) is 5.91 Å². The second kappa shape index (κ2) is 6.04. The van der Waals surface area contributed by atoms with Crippen LogP contribution in [0.2, 0.25) is 10.0 Å². The molecule has 5 heteroatoms. The molecular weight excluding hydrogens is 283 g/mol. The highest BCUT2D eigenvalue weighted by Gasteiger charge is 2.15. The Hall–Kier alpha value is -1.58. The molecule has 0 radical (unpaired) electrons. The van der Waals surface area contributed by atoms with Crippen molar-refractivity contribution in [2.24, 2.45) is 0 Å². The van der Waals surface area contributed by atoms with E-state index in [2.05, 4.69) is 4.98 Å². The lowest BCUT2D eigenvalue weighted by Gasteiger charge is -2.18. The number of amides is 1. The van der Waals surface area contributed by atoms with Crippen LogP contribution in [0.3, 0.4) is 0 Å². The average Bonchev–Trinajstić information content (AvgIpc) is 2.38. The maximum Gasteiger partial charge on any atom is 0.255 e. The van der Waals surface area contributed by atoms with Gasteiger partial charge in [-0.15, -0.1) is 0 Å². The number of hydrogen-bond acceptors (Lipinski definition) is 2. The Labute approximate surface area is 121 Å². The Kier molecular flexibility index (Phi) is 4.40. The molecule has 1 amide bonds. The summed E-state index contributed by atoms with van der Waals surface area (Å²) >= 11 is 11.9. The Morgan fingerprint density at radius 1 is 1.32 bits per heavy atom. The molecule has 2 aromatic rings. The number of aromatic nitrogens is 1. The molecule has 0 aliphatic rings. The van der Waals surface area contributed by atoms with E-state index in [1.54, 1.807) is 30.3 Å². The standard InChI is InChI=1S/C14H12Cl2N2O/c1-18(9-10-3-2-4-11(15)7-10)14(19)12-5-6-17-8-13(12)16/h2-8H,9H2,1H3. The number of hydrogen-bond donors (Lipinski definition) is 0. The molecule has 19 heavy (non-hydrogen) atoms. The topological polar surface area (TPSA) is 33.2 Å². The van der Waals surface area contributed by atoms with E-state index < -0.39 is 0 Å². The molecule has 0 saturated carbocycles. The average molecular weight is 295 g/mol. The molecule has 0 atom stereocenters. The van der Waals surface area contributed by atoms with Crippen LogP contribution in [0.15, 0.2) is 42.7 Å². The third-order valence-electron chi connectivity index (χ3n) is 2.66. The zero-order valence-corrected chi connectivity index (χ0v) is 11.8. The van der Waals surface area contributed by atoms with Gasteiger partial charge in [0.15, 0.2) is 0 Å². The zero-order valence-electron chi connectivity index (χ0n) is 10.3. The summed E-state index contributed by atoms with van der Waals surface area (Å²) in [5.74, 6) is -0.146. The van der Waals surface area contributed by atoms with Crippen LogP contribution in [0.4, 0.5) is 0 Å². The summed E-state index contributed by atoms with van der Waals surface area (Å²) in [5, 5.41) is 1.01. The lowest BCUT2D eigenvalue weighted by Crippen LogP contribution is -2.26. The van der Waals surface area contributed by atoms with E-state index >= 15 is 0 Å². The highest BCUT2D eigenvalue weighted by molar-refractivity contribution is 6.33. The predicted octanol–water partition coefficient (Wildman–Crippen LogP) is 3.66. The van der Waals surface area contributed by atoms with Gasteiger partial charge in [0.1, 0.15) is 0 Å². The lowest BCUT2D eigenvalue weighted by atomic mass is 10.2. The van der Waals surface area contributed by atoms with Gasteiger partial charge in [-0.1, -0.05) is 35.3 Å². The van der Waals surface area contributed by atoms with Gasteiger partial charge >= 0.3 is 0 Å². The van der Waals surface area contributed by atoms with E-state index in [1.807, 2.05) is 18.2 Å². The predicted molar refractivity (Wildman–Crippen MR) is 76.5 cm³/mol. The molecule has 1 heterocycles. The van der Waals surface area contributed by atoms with Crippen molar-refractivity contribution >= 4 is 29.1 Å². The van der Waals surface area contributed by atoms with Crippen LogP contribution in [-0.2, 0) is 6.54 Å². The Morgan fingerprint density at radius 2 is 2.11 bits per heavy atom. The number of benzene rings is 1. The first-order valence-electron chi connectivity index (χ1n) is 5.67. The van der Waals surface area contributed by atoms with Crippen molar-refractivity contribution in [3.8, 4) is 0 Å². The van der Waals surface area contributed by atoms with Crippen LogP contribution in [0.25, 0.3) is 0 Å². The number of nitrogens with zero attached hydrogens (tertiary/aromatic N) is 2. The van der Waals surface area contributed by atoms with Gasteiger partial charge in [0.2, 0.25) is 0 Å². The largest absolute Gasteiger partial charge is 0.337 e. The fraction of sp³-hybridized carbons (Fsp3) is 0.143. The van der Waals surface area contributed by atoms with Crippen molar-refractivity contribution in [2.45, 2.75) is 6.54 Å². The highest BCUT2D eigenvalue weighted by atomic mass is 35.5. The van der Waals surface area contributed by atoms with Gasteiger partial charge in [0.05, 0.1) is 10.6 Å².